The van der Waals surface area contributed by atoms with Crippen molar-refractivity contribution in [1.82, 2.24) is 0 Å². The molecule has 0 heterocycles. The maximum Gasteiger partial charge on any atom is 0.306 e. The van der Waals surface area contributed by atoms with Crippen LogP contribution in [0.3, 0.4) is 0 Å². The van der Waals surface area contributed by atoms with Gasteiger partial charge >= 0.3 is 5.97 Å². The van der Waals surface area contributed by atoms with Crippen LogP contribution < -0.4 is 0 Å². The molecule has 0 bridgehead atoms. The molecule has 2 aromatic carbocycles. The molecule has 2 aromatic rings. The van der Waals surface area contributed by atoms with Gasteiger partial charge in [0.05, 0.1) is 13.0 Å². The van der Waals surface area contributed by atoms with Gasteiger partial charge in [0.15, 0.2) is 0 Å². The summed E-state index contributed by atoms with van der Waals surface area (Å²) in [7, 11) is 0. The van der Waals surface area contributed by atoms with Crippen molar-refractivity contribution in [2.24, 2.45) is 0 Å². The molecule has 3 heteroatoms. The molecule has 0 atom stereocenters. The molecular formula is C19H20O3. The van der Waals surface area contributed by atoms with Crippen LogP contribution in [0.25, 0.3) is 11.1 Å². The SMILES string of the molecule is CCOCCOC(=O)CC1c2ccccc2-c2ccccc21. The summed E-state index contributed by atoms with van der Waals surface area (Å²) < 4.78 is 10.5. The highest BCUT2D eigenvalue weighted by molar-refractivity contribution is 5.82. The first kappa shape index (κ1) is 14.8. The lowest BCUT2D eigenvalue weighted by molar-refractivity contribution is -0.145. The van der Waals surface area contributed by atoms with Crippen molar-refractivity contribution in [2.75, 3.05) is 19.8 Å². The average molecular weight is 296 g/mol. The first-order chi connectivity index (χ1) is 10.8. The van der Waals surface area contributed by atoms with E-state index >= 15 is 0 Å². The topological polar surface area (TPSA) is 35.5 Å². The minimum Gasteiger partial charge on any atom is -0.463 e. The van der Waals surface area contributed by atoms with E-state index < -0.39 is 0 Å². The fourth-order valence-corrected chi connectivity index (χ4v) is 3.06. The van der Waals surface area contributed by atoms with Gasteiger partial charge in [-0.3, -0.25) is 4.79 Å². The van der Waals surface area contributed by atoms with Crippen LogP contribution in [0.1, 0.15) is 30.4 Å². The summed E-state index contributed by atoms with van der Waals surface area (Å²) in [5.41, 5.74) is 4.88. The second kappa shape index (κ2) is 6.75. The van der Waals surface area contributed by atoms with Gasteiger partial charge in [-0.05, 0) is 29.2 Å². The molecule has 0 spiro atoms. The summed E-state index contributed by atoms with van der Waals surface area (Å²) >= 11 is 0. The molecule has 0 saturated heterocycles. The second-order valence-corrected chi connectivity index (χ2v) is 5.35. The molecule has 0 N–H and O–H groups in total. The van der Waals surface area contributed by atoms with E-state index in [0.29, 0.717) is 26.2 Å². The number of carbonyl (C=O) groups excluding carboxylic acids is 1. The van der Waals surface area contributed by atoms with Crippen LogP contribution in [-0.4, -0.2) is 25.8 Å². The highest BCUT2D eigenvalue weighted by Crippen LogP contribution is 2.46. The highest BCUT2D eigenvalue weighted by Gasteiger charge is 2.29. The molecule has 0 aliphatic heterocycles. The molecule has 0 aromatic heterocycles. The Morgan fingerprint density at radius 1 is 0.955 bits per heavy atom. The van der Waals surface area contributed by atoms with Gasteiger partial charge in [-0.25, -0.2) is 0 Å². The number of carbonyl (C=O) groups is 1. The number of hydrogen-bond acceptors (Lipinski definition) is 3. The summed E-state index contributed by atoms with van der Waals surface area (Å²) in [5.74, 6) is -0.0804. The van der Waals surface area contributed by atoms with Crippen molar-refractivity contribution < 1.29 is 14.3 Å². The van der Waals surface area contributed by atoms with E-state index in [2.05, 4.69) is 24.3 Å². The number of ether oxygens (including phenoxy) is 2. The third-order valence-electron chi connectivity index (χ3n) is 4.03. The van der Waals surface area contributed by atoms with E-state index in [9.17, 15) is 4.79 Å². The molecule has 1 aliphatic rings. The Balaban J connectivity index is 1.75. The van der Waals surface area contributed by atoms with Crippen molar-refractivity contribution in [3.63, 3.8) is 0 Å². The first-order valence-electron chi connectivity index (χ1n) is 7.73. The Bertz CT molecular complexity index is 618. The van der Waals surface area contributed by atoms with Crippen LogP contribution in [0.2, 0.25) is 0 Å². The van der Waals surface area contributed by atoms with Crippen molar-refractivity contribution in [2.45, 2.75) is 19.3 Å². The Labute approximate surface area is 130 Å². The molecule has 0 fully saturated rings. The number of hydrogen-bond donors (Lipinski definition) is 0. The van der Waals surface area contributed by atoms with E-state index in [4.69, 9.17) is 9.47 Å². The van der Waals surface area contributed by atoms with Gasteiger partial charge in [0, 0.05) is 12.5 Å². The van der Waals surface area contributed by atoms with Gasteiger partial charge in [-0.15, -0.1) is 0 Å². The zero-order chi connectivity index (χ0) is 15.4. The van der Waals surface area contributed by atoms with Gasteiger partial charge in [0.1, 0.15) is 6.61 Å². The molecule has 0 saturated carbocycles. The third kappa shape index (κ3) is 2.90. The largest absolute Gasteiger partial charge is 0.463 e. The van der Waals surface area contributed by atoms with Gasteiger partial charge in [-0.2, -0.15) is 0 Å². The van der Waals surface area contributed by atoms with Crippen LogP contribution in [-0.2, 0) is 14.3 Å². The summed E-state index contributed by atoms with van der Waals surface area (Å²) in [4.78, 5) is 12.1. The molecule has 1 aliphatic carbocycles. The highest BCUT2D eigenvalue weighted by atomic mass is 16.6. The molecule has 22 heavy (non-hydrogen) atoms. The lowest BCUT2D eigenvalue weighted by Crippen LogP contribution is -2.13. The second-order valence-electron chi connectivity index (χ2n) is 5.35. The minimum absolute atomic E-state index is 0.0898. The fraction of sp³-hybridized carbons (Fsp3) is 0.316. The zero-order valence-corrected chi connectivity index (χ0v) is 12.7. The van der Waals surface area contributed by atoms with Gasteiger partial charge < -0.3 is 9.47 Å². The summed E-state index contributed by atoms with van der Waals surface area (Å²) in [6.45, 7) is 3.35. The number of fused-ring (bicyclic) bond motifs is 3. The molecular weight excluding hydrogens is 276 g/mol. The van der Waals surface area contributed by atoms with Crippen LogP contribution in [0.15, 0.2) is 48.5 Å². The van der Waals surface area contributed by atoms with Crippen LogP contribution in [0, 0.1) is 0 Å². The average Bonchev–Trinajstić information content (AvgIpc) is 2.87. The van der Waals surface area contributed by atoms with Gasteiger partial charge in [-0.1, -0.05) is 48.5 Å². The maximum atomic E-state index is 12.1. The summed E-state index contributed by atoms with van der Waals surface area (Å²) in [6.07, 6.45) is 0.375. The Morgan fingerprint density at radius 2 is 1.55 bits per heavy atom. The smallest absolute Gasteiger partial charge is 0.306 e. The fourth-order valence-electron chi connectivity index (χ4n) is 3.06. The van der Waals surface area contributed by atoms with Crippen LogP contribution >= 0.6 is 0 Å². The maximum absolute atomic E-state index is 12.1. The zero-order valence-electron chi connectivity index (χ0n) is 12.7. The van der Waals surface area contributed by atoms with E-state index in [1.54, 1.807) is 0 Å². The third-order valence-corrected chi connectivity index (χ3v) is 4.03. The monoisotopic (exact) mass is 296 g/mol. The van der Waals surface area contributed by atoms with Crippen molar-refractivity contribution in [1.29, 1.82) is 0 Å². The van der Waals surface area contributed by atoms with E-state index in [-0.39, 0.29) is 11.9 Å². The molecule has 3 rings (SSSR count). The van der Waals surface area contributed by atoms with Gasteiger partial charge in [0.25, 0.3) is 0 Å². The quantitative estimate of drug-likeness (QED) is 0.601. The first-order valence-corrected chi connectivity index (χ1v) is 7.73. The molecule has 0 unspecified atom stereocenters. The van der Waals surface area contributed by atoms with Crippen molar-refractivity contribution in [3.8, 4) is 11.1 Å². The lowest BCUT2D eigenvalue weighted by Gasteiger charge is -2.13. The van der Waals surface area contributed by atoms with Crippen molar-refractivity contribution in [3.05, 3.63) is 59.7 Å². The van der Waals surface area contributed by atoms with E-state index in [0.717, 1.165) is 0 Å². The Morgan fingerprint density at radius 3 is 2.14 bits per heavy atom. The molecule has 114 valence electrons. The minimum atomic E-state index is -0.170. The summed E-state index contributed by atoms with van der Waals surface area (Å²) in [6, 6.07) is 16.6. The van der Waals surface area contributed by atoms with E-state index in [1.807, 2.05) is 31.2 Å². The Hall–Kier alpha value is -2.13. The van der Waals surface area contributed by atoms with Gasteiger partial charge in [0.2, 0.25) is 0 Å². The predicted octanol–water partition coefficient (Wildman–Crippen LogP) is 3.77. The standard InChI is InChI=1S/C19H20O3/c1-2-21-11-12-22-19(20)13-18-16-9-5-3-7-14(16)15-8-4-6-10-17(15)18/h3-10,18H,2,11-13H2,1H3. The number of benzene rings is 2. The predicted molar refractivity (Wildman–Crippen MR) is 85.8 cm³/mol. The molecule has 0 amide bonds. The number of esters is 1. The summed E-state index contributed by atoms with van der Waals surface area (Å²) in [5, 5.41) is 0. The van der Waals surface area contributed by atoms with Crippen molar-refractivity contribution >= 4 is 5.97 Å². The molecule has 3 nitrogen and oxygen atoms in total. The normalized spacial score (nSPS) is 12.8. The lowest BCUT2D eigenvalue weighted by atomic mass is 9.94. The van der Waals surface area contributed by atoms with Crippen LogP contribution in [0.5, 0.6) is 0 Å². The Kier molecular flexibility index (Phi) is 4.54. The van der Waals surface area contributed by atoms with Crippen LogP contribution in [0.4, 0.5) is 0 Å². The van der Waals surface area contributed by atoms with E-state index in [1.165, 1.54) is 22.3 Å². The number of rotatable bonds is 6. The molecule has 0 radical (unpaired) electrons.